The molecule has 1 unspecified atom stereocenters. The van der Waals surface area contributed by atoms with E-state index in [4.69, 9.17) is 0 Å². The van der Waals surface area contributed by atoms with E-state index in [-0.39, 0.29) is 11.9 Å². The quantitative estimate of drug-likeness (QED) is 0.774. The summed E-state index contributed by atoms with van der Waals surface area (Å²) in [5.74, 6) is -0.0741. The zero-order chi connectivity index (χ0) is 17.2. The van der Waals surface area contributed by atoms with Crippen molar-refractivity contribution in [2.24, 2.45) is 0 Å². The molecule has 1 aromatic carbocycles. The van der Waals surface area contributed by atoms with Crippen LogP contribution in [0.15, 0.2) is 49.1 Å². The second kappa shape index (κ2) is 6.51. The summed E-state index contributed by atoms with van der Waals surface area (Å²) in [5, 5.41) is 3.13. The molecular weight excluding hydrogens is 312 g/mol. The molecule has 126 valence electrons. The third-order valence-corrected chi connectivity index (χ3v) is 4.67. The van der Waals surface area contributed by atoms with Crippen molar-refractivity contribution in [2.45, 2.75) is 32.2 Å². The van der Waals surface area contributed by atoms with Crippen LogP contribution in [-0.4, -0.2) is 26.9 Å². The Morgan fingerprint density at radius 2 is 2.16 bits per heavy atom. The van der Waals surface area contributed by atoms with Crippen molar-refractivity contribution < 1.29 is 4.79 Å². The summed E-state index contributed by atoms with van der Waals surface area (Å²) in [6.07, 6.45) is 7.75. The first-order valence-electron chi connectivity index (χ1n) is 8.53. The smallest absolute Gasteiger partial charge is 0.253 e. The van der Waals surface area contributed by atoms with Gasteiger partial charge in [-0.25, -0.2) is 4.98 Å². The zero-order valence-electron chi connectivity index (χ0n) is 14.1. The third kappa shape index (κ3) is 3.31. The molecule has 1 amide bonds. The van der Waals surface area contributed by atoms with Gasteiger partial charge in [-0.05, 0) is 31.4 Å². The molecule has 2 heterocycles. The molecule has 4 rings (SSSR count). The van der Waals surface area contributed by atoms with Crippen molar-refractivity contribution in [3.8, 4) is 11.1 Å². The maximum Gasteiger partial charge on any atom is 0.253 e. The molecule has 1 atom stereocenters. The number of hydrogen-bond donors (Lipinski definition) is 2. The lowest BCUT2D eigenvalue weighted by Crippen LogP contribution is -2.39. The predicted octanol–water partition coefficient (Wildman–Crippen LogP) is 3.07. The number of nitrogens with one attached hydrogen (secondary N) is 2. The van der Waals surface area contributed by atoms with E-state index >= 15 is 0 Å². The highest BCUT2D eigenvalue weighted by molar-refractivity contribution is 5.95. The van der Waals surface area contributed by atoms with E-state index in [1.807, 2.05) is 18.2 Å². The highest BCUT2D eigenvalue weighted by atomic mass is 16.1. The predicted molar refractivity (Wildman–Crippen MR) is 96.3 cm³/mol. The van der Waals surface area contributed by atoms with Gasteiger partial charge in [0.2, 0.25) is 0 Å². The van der Waals surface area contributed by atoms with Crippen LogP contribution >= 0.6 is 0 Å². The van der Waals surface area contributed by atoms with Crippen LogP contribution in [0, 0.1) is 6.92 Å². The number of carbonyl (C=O) groups excluding carboxylic acids is 1. The van der Waals surface area contributed by atoms with Crippen molar-refractivity contribution in [1.82, 2.24) is 20.3 Å². The Bertz CT molecular complexity index is 915. The van der Waals surface area contributed by atoms with Crippen molar-refractivity contribution >= 4 is 5.91 Å². The molecule has 0 radical (unpaired) electrons. The van der Waals surface area contributed by atoms with Crippen molar-refractivity contribution in [3.63, 3.8) is 0 Å². The van der Waals surface area contributed by atoms with Crippen LogP contribution in [0.3, 0.4) is 0 Å². The van der Waals surface area contributed by atoms with E-state index in [0.29, 0.717) is 5.56 Å². The van der Waals surface area contributed by atoms with Crippen molar-refractivity contribution in [1.29, 1.82) is 0 Å². The molecule has 0 aliphatic heterocycles. The molecule has 5 nitrogen and oxygen atoms in total. The number of rotatable bonds is 3. The number of carbonyl (C=O) groups is 1. The van der Waals surface area contributed by atoms with E-state index in [9.17, 15) is 4.79 Å². The first kappa shape index (κ1) is 15.6. The number of pyridine rings is 1. The fourth-order valence-corrected chi connectivity index (χ4v) is 3.34. The molecule has 0 saturated carbocycles. The van der Waals surface area contributed by atoms with Gasteiger partial charge in [-0.1, -0.05) is 29.8 Å². The molecule has 2 aromatic heterocycles. The number of aryl methyl sites for hydroxylation is 2. The van der Waals surface area contributed by atoms with Gasteiger partial charge in [0.05, 0.1) is 17.6 Å². The second-order valence-electron chi connectivity index (χ2n) is 6.57. The number of hydrogen-bond acceptors (Lipinski definition) is 3. The molecule has 3 aromatic rings. The fraction of sp³-hybridized carbons (Fsp3) is 0.250. The minimum Gasteiger partial charge on any atom is -0.349 e. The van der Waals surface area contributed by atoms with Gasteiger partial charge in [-0.2, -0.15) is 0 Å². The SMILES string of the molecule is Cc1cccc(-c2cncc(C(=O)NC3CCc4nc[nH]c4C3)c2)c1. The van der Waals surface area contributed by atoms with Gasteiger partial charge in [0.15, 0.2) is 0 Å². The number of nitrogens with zero attached hydrogens (tertiary/aromatic N) is 2. The summed E-state index contributed by atoms with van der Waals surface area (Å²) >= 11 is 0. The average molecular weight is 332 g/mol. The molecule has 0 fully saturated rings. The van der Waals surface area contributed by atoms with E-state index in [0.717, 1.165) is 41.8 Å². The van der Waals surface area contributed by atoms with Crippen LogP contribution < -0.4 is 5.32 Å². The number of benzene rings is 1. The maximum atomic E-state index is 12.6. The Morgan fingerprint density at radius 1 is 1.24 bits per heavy atom. The van der Waals surface area contributed by atoms with Gasteiger partial charge >= 0.3 is 0 Å². The molecule has 25 heavy (non-hydrogen) atoms. The average Bonchev–Trinajstić information content (AvgIpc) is 3.09. The number of fused-ring (bicyclic) bond motifs is 1. The minimum absolute atomic E-state index is 0.0741. The van der Waals surface area contributed by atoms with Gasteiger partial charge < -0.3 is 10.3 Å². The number of amides is 1. The monoisotopic (exact) mass is 332 g/mol. The van der Waals surface area contributed by atoms with Crippen LogP contribution in [-0.2, 0) is 12.8 Å². The number of aromatic nitrogens is 3. The molecule has 2 N–H and O–H groups in total. The molecule has 0 bridgehead atoms. The molecule has 1 aliphatic rings. The van der Waals surface area contributed by atoms with Crippen LogP contribution in [0.1, 0.15) is 33.7 Å². The number of H-pyrrole nitrogens is 1. The first-order valence-corrected chi connectivity index (χ1v) is 8.53. The summed E-state index contributed by atoms with van der Waals surface area (Å²) in [7, 11) is 0. The highest BCUT2D eigenvalue weighted by Gasteiger charge is 2.22. The van der Waals surface area contributed by atoms with Crippen LogP contribution in [0.25, 0.3) is 11.1 Å². The van der Waals surface area contributed by atoms with Crippen molar-refractivity contribution in [2.75, 3.05) is 0 Å². The van der Waals surface area contributed by atoms with E-state index in [1.165, 1.54) is 5.56 Å². The largest absolute Gasteiger partial charge is 0.349 e. The lowest BCUT2D eigenvalue weighted by Gasteiger charge is -2.22. The van der Waals surface area contributed by atoms with E-state index < -0.39 is 0 Å². The Balaban J connectivity index is 1.50. The number of imidazole rings is 1. The second-order valence-corrected chi connectivity index (χ2v) is 6.57. The van der Waals surface area contributed by atoms with Crippen molar-refractivity contribution in [3.05, 3.63) is 71.6 Å². The first-order chi connectivity index (χ1) is 12.2. The lowest BCUT2D eigenvalue weighted by molar-refractivity contribution is 0.0933. The van der Waals surface area contributed by atoms with E-state index in [2.05, 4.69) is 39.3 Å². The zero-order valence-corrected chi connectivity index (χ0v) is 14.1. The molecular formula is C20H20N4O. The summed E-state index contributed by atoms with van der Waals surface area (Å²) in [6, 6.07) is 10.2. The Morgan fingerprint density at radius 3 is 3.04 bits per heavy atom. The molecule has 5 heteroatoms. The van der Waals surface area contributed by atoms with Crippen LogP contribution in [0.2, 0.25) is 0 Å². The summed E-state index contributed by atoms with van der Waals surface area (Å²) < 4.78 is 0. The van der Waals surface area contributed by atoms with Crippen LogP contribution in [0.4, 0.5) is 0 Å². The topological polar surface area (TPSA) is 70.7 Å². The third-order valence-electron chi connectivity index (χ3n) is 4.67. The normalized spacial score (nSPS) is 16.3. The minimum atomic E-state index is -0.0741. The summed E-state index contributed by atoms with van der Waals surface area (Å²) in [4.78, 5) is 24.4. The van der Waals surface area contributed by atoms with E-state index in [1.54, 1.807) is 18.7 Å². The highest BCUT2D eigenvalue weighted by Crippen LogP contribution is 2.21. The summed E-state index contributed by atoms with van der Waals surface area (Å²) in [5.41, 5.74) is 6.05. The van der Waals surface area contributed by atoms with Gasteiger partial charge in [0.25, 0.3) is 5.91 Å². The molecule has 0 spiro atoms. The Labute approximate surface area is 146 Å². The maximum absolute atomic E-state index is 12.6. The standard InChI is InChI=1S/C20H20N4O/c1-13-3-2-4-14(7-13)15-8-16(11-21-10-15)20(25)24-17-5-6-18-19(9-17)23-12-22-18/h2-4,7-8,10-12,17H,5-6,9H2,1H3,(H,22,23)(H,24,25). The van der Waals surface area contributed by atoms with Gasteiger partial charge in [-0.3, -0.25) is 9.78 Å². The van der Waals surface area contributed by atoms with Gasteiger partial charge in [0.1, 0.15) is 0 Å². The number of aromatic amines is 1. The fourth-order valence-electron chi connectivity index (χ4n) is 3.34. The van der Waals surface area contributed by atoms with Crippen LogP contribution in [0.5, 0.6) is 0 Å². The van der Waals surface area contributed by atoms with Gasteiger partial charge in [0, 0.05) is 36.1 Å². The lowest BCUT2D eigenvalue weighted by atomic mass is 9.96. The molecule has 0 saturated heterocycles. The summed E-state index contributed by atoms with van der Waals surface area (Å²) in [6.45, 7) is 2.06. The Kier molecular flexibility index (Phi) is 4.06. The van der Waals surface area contributed by atoms with Gasteiger partial charge in [-0.15, -0.1) is 0 Å². The molecule has 1 aliphatic carbocycles. The Hall–Kier alpha value is -2.95.